The third kappa shape index (κ3) is 2.98. The van der Waals surface area contributed by atoms with Gasteiger partial charge in [0, 0.05) is 13.0 Å². The maximum atomic E-state index is 9.40. The molecular weight excluding hydrogens is 237 g/mol. The molecule has 3 N–H and O–H groups in total. The van der Waals surface area contributed by atoms with Gasteiger partial charge in [-0.1, -0.05) is 29.3 Å². The van der Waals surface area contributed by atoms with Crippen molar-refractivity contribution in [1.82, 2.24) is 0 Å². The SMILES string of the molecule is COc1ccc(CC(O)CN)c(Cl)c1Cl. The number of rotatable bonds is 4. The van der Waals surface area contributed by atoms with Crippen molar-refractivity contribution >= 4 is 23.2 Å². The lowest BCUT2D eigenvalue weighted by atomic mass is 10.1. The molecule has 15 heavy (non-hydrogen) atoms. The summed E-state index contributed by atoms with van der Waals surface area (Å²) in [7, 11) is 1.52. The lowest BCUT2D eigenvalue weighted by molar-refractivity contribution is 0.183. The monoisotopic (exact) mass is 249 g/mol. The molecule has 0 saturated heterocycles. The highest BCUT2D eigenvalue weighted by Crippen LogP contribution is 2.34. The summed E-state index contributed by atoms with van der Waals surface area (Å²) in [5.74, 6) is 0.521. The molecule has 0 amide bonds. The predicted molar refractivity (Wildman–Crippen MR) is 61.8 cm³/mol. The fraction of sp³-hybridized carbons (Fsp3) is 0.400. The molecule has 5 heteroatoms. The van der Waals surface area contributed by atoms with Gasteiger partial charge in [-0.25, -0.2) is 0 Å². The predicted octanol–water partition coefficient (Wildman–Crippen LogP) is 1.86. The van der Waals surface area contributed by atoms with Crippen molar-refractivity contribution in [3.05, 3.63) is 27.7 Å². The summed E-state index contributed by atoms with van der Waals surface area (Å²) in [5, 5.41) is 10.2. The van der Waals surface area contributed by atoms with Gasteiger partial charge in [-0.3, -0.25) is 0 Å². The van der Waals surface area contributed by atoms with E-state index in [0.717, 1.165) is 5.56 Å². The minimum Gasteiger partial charge on any atom is -0.495 e. The van der Waals surface area contributed by atoms with Crippen LogP contribution in [-0.2, 0) is 6.42 Å². The zero-order valence-corrected chi connectivity index (χ0v) is 9.85. The second-order valence-electron chi connectivity index (χ2n) is 3.15. The van der Waals surface area contributed by atoms with E-state index in [2.05, 4.69) is 0 Å². The molecule has 0 aliphatic rings. The minimum absolute atomic E-state index is 0.194. The minimum atomic E-state index is -0.605. The topological polar surface area (TPSA) is 55.5 Å². The van der Waals surface area contributed by atoms with Crippen LogP contribution in [0.5, 0.6) is 5.75 Å². The van der Waals surface area contributed by atoms with Crippen LogP contribution in [0.25, 0.3) is 0 Å². The highest BCUT2D eigenvalue weighted by atomic mass is 35.5. The fourth-order valence-corrected chi connectivity index (χ4v) is 1.72. The molecule has 1 aromatic rings. The van der Waals surface area contributed by atoms with Crippen LogP contribution in [0, 0.1) is 0 Å². The van der Waals surface area contributed by atoms with E-state index in [0.29, 0.717) is 22.2 Å². The number of aliphatic hydroxyl groups is 1. The third-order valence-electron chi connectivity index (χ3n) is 2.07. The van der Waals surface area contributed by atoms with Gasteiger partial charge in [0.25, 0.3) is 0 Å². The summed E-state index contributed by atoms with van der Waals surface area (Å²) in [6, 6.07) is 3.48. The van der Waals surface area contributed by atoms with Gasteiger partial charge in [-0.2, -0.15) is 0 Å². The Kier molecular flexibility index (Phi) is 4.67. The number of hydrogen-bond donors (Lipinski definition) is 2. The van der Waals surface area contributed by atoms with Crippen LogP contribution in [-0.4, -0.2) is 24.9 Å². The number of hydrogen-bond acceptors (Lipinski definition) is 3. The summed E-state index contributed by atoms with van der Waals surface area (Å²) in [5.41, 5.74) is 6.08. The van der Waals surface area contributed by atoms with Crippen LogP contribution in [0.3, 0.4) is 0 Å². The van der Waals surface area contributed by atoms with E-state index in [9.17, 15) is 5.11 Å². The molecule has 1 rings (SSSR count). The molecule has 3 nitrogen and oxygen atoms in total. The first kappa shape index (κ1) is 12.6. The molecule has 1 aromatic carbocycles. The molecule has 0 aliphatic carbocycles. The van der Waals surface area contributed by atoms with Crippen molar-refractivity contribution < 1.29 is 9.84 Å². The van der Waals surface area contributed by atoms with Crippen molar-refractivity contribution in [3.8, 4) is 5.75 Å². The van der Waals surface area contributed by atoms with E-state index in [4.69, 9.17) is 33.7 Å². The molecule has 0 aliphatic heterocycles. The number of benzene rings is 1. The van der Waals surface area contributed by atoms with Gasteiger partial charge in [-0.15, -0.1) is 0 Å². The maximum Gasteiger partial charge on any atom is 0.138 e. The summed E-state index contributed by atoms with van der Waals surface area (Å²) in [6.07, 6.45) is -0.217. The average Bonchev–Trinajstić information content (AvgIpc) is 2.25. The average molecular weight is 250 g/mol. The second kappa shape index (κ2) is 5.56. The Balaban J connectivity index is 2.96. The Morgan fingerprint density at radius 1 is 1.40 bits per heavy atom. The van der Waals surface area contributed by atoms with Gasteiger partial charge < -0.3 is 15.6 Å². The molecule has 84 valence electrons. The molecule has 0 bridgehead atoms. The number of aliphatic hydroxyl groups excluding tert-OH is 1. The molecule has 1 atom stereocenters. The highest BCUT2D eigenvalue weighted by molar-refractivity contribution is 6.43. The first-order valence-electron chi connectivity index (χ1n) is 4.49. The van der Waals surface area contributed by atoms with Gasteiger partial charge in [0.05, 0.1) is 18.2 Å². The van der Waals surface area contributed by atoms with Crippen LogP contribution in [0.2, 0.25) is 10.0 Å². The van der Waals surface area contributed by atoms with E-state index < -0.39 is 6.10 Å². The molecule has 1 unspecified atom stereocenters. The van der Waals surface area contributed by atoms with Gasteiger partial charge >= 0.3 is 0 Å². The smallest absolute Gasteiger partial charge is 0.138 e. The lowest BCUT2D eigenvalue weighted by Gasteiger charge is -2.12. The zero-order valence-electron chi connectivity index (χ0n) is 8.34. The fourth-order valence-electron chi connectivity index (χ4n) is 1.22. The number of methoxy groups -OCH3 is 1. The highest BCUT2D eigenvalue weighted by Gasteiger charge is 2.12. The van der Waals surface area contributed by atoms with Crippen molar-refractivity contribution in [2.24, 2.45) is 5.73 Å². The van der Waals surface area contributed by atoms with Crippen molar-refractivity contribution in [2.45, 2.75) is 12.5 Å². The molecule has 0 aromatic heterocycles. The summed E-state index contributed by atoms with van der Waals surface area (Å²) in [6.45, 7) is 0.194. The summed E-state index contributed by atoms with van der Waals surface area (Å²) >= 11 is 12.0. The Morgan fingerprint density at radius 3 is 2.60 bits per heavy atom. The number of halogens is 2. The van der Waals surface area contributed by atoms with Crippen molar-refractivity contribution in [3.63, 3.8) is 0 Å². The first-order chi connectivity index (χ1) is 7.10. The first-order valence-corrected chi connectivity index (χ1v) is 5.24. The molecular formula is C10H13Cl2NO2. The van der Waals surface area contributed by atoms with Gasteiger partial charge in [0.1, 0.15) is 10.8 Å². The van der Waals surface area contributed by atoms with Crippen LogP contribution in [0.1, 0.15) is 5.56 Å². The molecule has 0 saturated carbocycles. The van der Waals surface area contributed by atoms with Crippen LogP contribution in [0.15, 0.2) is 12.1 Å². The molecule has 0 fully saturated rings. The molecule has 0 radical (unpaired) electrons. The number of nitrogens with two attached hydrogens (primary N) is 1. The Labute approximate surface area is 98.7 Å². The summed E-state index contributed by atoms with van der Waals surface area (Å²) < 4.78 is 5.01. The van der Waals surface area contributed by atoms with Gasteiger partial charge in [0.2, 0.25) is 0 Å². The normalized spacial score (nSPS) is 12.6. The van der Waals surface area contributed by atoms with Crippen molar-refractivity contribution in [2.75, 3.05) is 13.7 Å². The van der Waals surface area contributed by atoms with Crippen molar-refractivity contribution in [1.29, 1.82) is 0 Å². The Morgan fingerprint density at radius 2 is 2.07 bits per heavy atom. The van der Waals surface area contributed by atoms with Crippen LogP contribution < -0.4 is 10.5 Å². The van der Waals surface area contributed by atoms with Crippen LogP contribution in [0.4, 0.5) is 0 Å². The molecule has 0 heterocycles. The van der Waals surface area contributed by atoms with Gasteiger partial charge in [-0.05, 0) is 11.6 Å². The van der Waals surface area contributed by atoms with E-state index >= 15 is 0 Å². The lowest BCUT2D eigenvalue weighted by Crippen LogP contribution is -2.22. The Hall–Kier alpha value is -0.480. The molecule has 0 spiro atoms. The van der Waals surface area contributed by atoms with E-state index in [1.807, 2.05) is 0 Å². The third-order valence-corrected chi connectivity index (χ3v) is 2.98. The second-order valence-corrected chi connectivity index (χ2v) is 3.90. The van der Waals surface area contributed by atoms with E-state index in [-0.39, 0.29) is 6.54 Å². The largest absolute Gasteiger partial charge is 0.495 e. The maximum absolute atomic E-state index is 9.40. The van der Waals surface area contributed by atoms with Crippen LogP contribution >= 0.6 is 23.2 Å². The Bertz CT molecular complexity index is 344. The quantitative estimate of drug-likeness (QED) is 0.857. The summed E-state index contributed by atoms with van der Waals surface area (Å²) in [4.78, 5) is 0. The number of ether oxygens (including phenoxy) is 1. The van der Waals surface area contributed by atoms with E-state index in [1.54, 1.807) is 12.1 Å². The zero-order chi connectivity index (χ0) is 11.4. The van der Waals surface area contributed by atoms with E-state index in [1.165, 1.54) is 7.11 Å². The van der Waals surface area contributed by atoms with Gasteiger partial charge in [0.15, 0.2) is 0 Å². The standard InChI is InChI=1S/C10H13Cl2NO2/c1-15-8-3-2-6(4-7(14)5-13)9(11)10(8)12/h2-3,7,14H,4-5,13H2,1H3.